The molecule has 0 fully saturated rings. The van der Waals surface area contributed by atoms with E-state index in [0.717, 1.165) is 0 Å². The van der Waals surface area contributed by atoms with E-state index in [9.17, 15) is 19.8 Å². The first-order chi connectivity index (χ1) is 8.50. The van der Waals surface area contributed by atoms with Gasteiger partial charge in [-0.3, -0.25) is 14.3 Å². The Labute approximate surface area is 101 Å². The van der Waals surface area contributed by atoms with Gasteiger partial charge >= 0.3 is 0 Å². The predicted molar refractivity (Wildman–Crippen MR) is 59.8 cm³/mol. The van der Waals surface area contributed by atoms with Gasteiger partial charge in [-0.05, 0) is 12.1 Å². The molecule has 0 saturated carbocycles. The van der Waals surface area contributed by atoms with Gasteiger partial charge in [-0.2, -0.15) is 5.10 Å². The van der Waals surface area contributed by atoms with Crippen molar-refractivity contribution < 1.29 is 19.8 Å². The van der Waals surface area contributed by atoms with Crippen molar-refractivity contribution in [2.45, 2.75) is 0 Å². The summed E-state index contributed by atoms with van der Waals surface area (Å²) in [7, 11) is 1.59. The SMILES string of the molecule is Cn1cc2c(n1)C(=O)c1c(O)ccc(O)c1C2=O. The molecule has 1 aromatic heterocycles. The molecule has 0 amide bonds. The van der Waals surface area contributed by atoms with Crippen molar-refractivity contribution in [2.24, 2.45) is 7.05 Å². The van der Waals surface area contributed by atoms with Gasteiger partial charge in [0.15, 0.2) is 0 Å². The van der Waals surface area contributed by atoms with Gasteiger partial charge in [0, 0.05) is 13.2 Å². The third-order valence-electron chi connectivity index (χ3n) is 2.90. The summed E-state index contributed by atoms with van der Waals surface area (Å²) in [6, 6.07) is 2.36. The molecule has 1 heterocycles. The third kappa shape index (κ3) is 1.14. The summed E-state index contributed by atoms with van der Waals surface area (Å²) in [6.45, 7) is 0. The number of phenols is 2. The Balaban J connectivity index is 2.40. The number of phenolic OH excluding ortho intramolecular Hbond substituents is 2. The van der Waals surface area contributed by atoms with E-state index in [2.05, 4.69) is 5.10 Å². The van der Waals surface area contributed by atoms with Crippen LogP contribution in [0.2, 0.25) is 0 Å². The van der Waals surface area contributed by atoms with Gasteiger partial charge in [0.2, 0.25) is 11.6 Å². The van der Waals surface area contributed by atoms with Crippen molar-refractivity contribution in [1.82, 2.24) is 9.78 Å². The van der Waals surface area contributed by atoms with Crippen molar-refractivity contribution in [3.8, 4) is 11.5 Å². The molecule has 0 bridgehead atoms. The summed E-state index contributed by atoms with van der Waals surface area (Å²) in [5.41, 5.74) is -0.224. The van der Waals surface area contributed by atoms with Crippen molar-refractivity contribution in [3.05, 3.63) is 40.7 Å². The number of hydrogen-bond acceptors (Lipinski definition) is 5. The smallest absolute Gasteiger partial charge is 0.218 e. The van der Waals surface area contributed by atoms with Gasteiger partial charge < -0.3 is 10.2 Å². The molecule has 0 radical (unpaired) electrons. The van der Waals surface area contributed by atoms with Crippen LogP contribution < -0.4 is 0 Å². The van der Waals surface area contributed by atoms with Crippen LogP contribution in [-0.2, 0) is 7.05 Å². The average Bonchev–Trinajstić information content (AvgIpc) is 2.71. The molecule has 1 aromatic carbocycles. The number of aromatic nitrogens is 2. The number of fused-ring (bicyclic) bond motifs is 2. The third-order valence-corrected chi connectivity index (χ3v) is 2.90. The second kappa shape index (κ2) is 3.19. The molecule has 6 heteroatoms. The van der Waals surface area contributed by atoms with Gasteiger partial charge in [-0.1, -0.05) is 0 Å². The molecule has 0 aliphatic heterocycles. The van der Waals surface area contributed by atoms with Crippen molar-refractivity contribution in [3.63, 3.8) is 0 Å². The van der Waals surface area contributed by atoms with E-state index in [-0.39, 0.29) is 33.9 Å². The molecule has 1 aliphatic rings. The van der Waals surface area contributed by atoms with Gasteiger partial charge in [0.1, 0.15) is 17.2 Å². The molecule has 0 spiro atoms. The topological polar surface area (TPSA) is 92.4 Å². The molecular formula is C12H8N2O4. The number of carbonyl (C=O) groups is 2. The van der Waals surface area contributed by atoms with E-state index in [4.69, 9.17) is 0 Å². The standard InChI is InChI=1S/C12H8N2O4/c1-14-4-5-10(13-14)12(18)9-7(16)3-2-6(15)8(9)11(5)17/h2-4,15-16H,1H3. The highest BCUT2D eigenvalue weighted by atomic mass is 16.3. The Hall–Kier alpha value is -2.63. The number of aryl methyl sites for hydroxylation is 1. The Bertz CT molecular complexity index is 657. The first-order valence-electron chi connectivity index (χ1n) is 5.18. The summed E-state index contributed by atoms with van der Waals surface area (Å²) < 4.78 is 1.35. The maximum absolute atomic E-state index is 12.2. The molecule has 0 unspecified atom stereocenters. The number of aromatic hydroxyl groups is 2. The molecule has 90 valence electrons. The van der Waals surface area contributed by atoms with Gasteiger partial charge in [-0.25, -0.2) is 0 Å². The monoisotopic (exact) mass is 244 g/mol. The van der Waals surface area contributed by atoms with Gasteiger partial charge in [-0.15, -0.1) is 0 Å². The van der Waals surface area contributed by atoms with Crippen LogP contribution >= 0.6 is 0 Å². The van der Waals surface area contributed by atoms with E-state index < -0.39 is 11.6 Å². The van der Waals surface area contributed by atoms with Gasteiger partial charge in [0.05, 0.1) is 16.7 Å². The van der Waals surface area contributed by atoms with Gasteiger partial charge in [0.25, 0.3) is 0 Å². The molecule has 6 nitrogen and oxygen atoms in total. The second-order valence-electron chi connectivity index (χ2n) is 4.08. The van der Waals surface area contributed by atoms with E-state index >= 15 is 0 Å². The lowest BCUT2D eigenvalue weighted by molar-refractivity contribution is 0.0972. The molecular weight excluding hydrogens is 236 g/mol. The minimum absolute atomic E-state index is 0.00380. The Kier molecular flexibility index (Phi) is 1.87. The van der Waals surface area contributed by atoms with E-state index in [1.54, 1.807) is 7.05 Å². The highest BCUT2D eigenvalue weighted by molar-refractivity contribution is 6.29. The average molecular weight is 244 g/mol. The van der Waals surface area contributed by atoms with Crippen LogP contribution in [0.1, 0.15) is 32.0 Å². The first-order valence-corrected chi connectivity index (χ1v) is 5.18. The summed E-state index contributed by atoms with van der Waals surface area (Å²) in [5.74, 6) is -1.73. The minimum atomic E-state index is -0.561. The maximum atomic E-state index is 12.2. The van der Waals surface area contributed by atoms with Crippen LogP contribution in [0, 0.1) is 0 Å². The fraction of sp³-hybridized carbons (Fsp3) is 0.0833. The van der Waals surface area contributed by atoms with Crippen LogP contribution in [0.25, 0.3) is 0 Å². The maximum Gasteiger partial charge on any atom is 0.218 e. The minimum Gasteiger partial charge on any atom is -0.507 e. The second-order valence-corrected chi connectivity index (χ2v) is 4.08. The van der Waals surface area contributed by atoms with E-state index in [1.165, 1.54) is 23.0 Å². The normalized spacial score (nSPS) is 13.4. The number of ketones is 2. The molecule has 2 N–H and O–H groups in total. The first kappa shape index (κ1) is 10.5. The largest absolute Gasteiger partial charge is 0.507 e. The van der Waals surface area contributed by atoms with Crippen LogP contribution in [0.15, 0.2) is 18.3 Å². The highest BCUT2D eigenvalue weighted by Gasteiger charge is 2.36. The number of benzene rings is 1. The fourth-order valence-electron chi connectivity index (χ4n) is 2.12. The summed E-state index contributed by atoms with van der Waals surface area (Å²) in [6.07, 6.45) is 1.42. The van der Waals surface area contributed by atoms with Crippen molar-refractivity contribution in [2.75, 3.05) is 0 Å². The number of carbonyl (C=O) groups excluding carboxylic acids is 2. The Morgan fingerprint density at radius 2 is 1.61 bits per heavy atom. The lowest BCUT2D eigenvalue weighted by Crippen LogP contribution is -2.20. The lowest BCUT2D eigenvalue weighted by atomic mass is 9.87. The van der Waals surface area contributed by atoms with Crippen molar-refractivity contribution in [1.29, 1.82) is 0 Å². The molecule has 1 aliphatic carbocycles. The molecule has 0 atom stereocenters. The number of rotatable bonds is 0. The zero-order chi connectivity index (χ0) is 13.0. The van der Waals surface area contributed by atoms with E-state index in [0.29, 0.717) is 0 Å². The van der Waals surface area contributed by atoms with E-state index in [1.807, 2.05) is 0 Å². The molecule has 3 rings (SSSR count). The number of hydrogen-bond donors (Lipinski definition) is 2. The van der Waals surface area contributed by atoms with Crippen LogP contribution in [0.3, 0.4) is 0 Å². The molecule has 0 saturated heterocycles. The van der Waals surface area contributed by atoms with Crippen LogP contribution in [0.4, 0.5) is 0 Å². The molecule has 18 heavy (non-hydrogen) atoms. The highest BCUT2D eigenvalue weighted by Crippen LogP contribution is 2.36. The lowest BCUT2D eigenvalue weighted by Gasteiger charge is -2.15. The zero-order valence-electron chi connectivity index (χ0n) is 9.34. The predicted octanol–water partition coefficient (Wildman–Crippen LogP) is 0.607. The van der Waals surface area contributed by atoms with Crippen LogP contribution in [-0.4, -0.2) is 31.6 Å². The van der Waals surface area contributed by atoms with Crippen LogP contribution in [0.5, 0.6) is 11.5 Å². The quantitative estimate of drug-likeness (QED) is 0.565. The molecule has 2 aromatic rings. The Morgan fingerprint density at radius 3 is 2.22 bits per heavy atom. The number of nitrogens with zero attached hydrogens (tertiary/aromatic N) is 2. The summed E-state index contributed by atoms with van der Waals surface area (Å²) in [4.78, 5) is 24.3. The Morgan fingerprint density at radius 1 is 1.06 bits per heavy atom. The fourth-order valence-corrected chi connectivity index (χ4v) is 2.12. The summed E-state index contributed by atoms with van der Waals surface area (Å²) in [5, 5.41) is 23.3. The zero-order valence-corrected chi connectivity index (χ0v) is 9.34. The summed E-state index contributed by atoms with van der Waals surface area (Å²) >= 11 is 0. The van der Waals surface area contributed by atoms with Crippen molar-refractivity contribution >= 4 is 11.6 Å².